The lowest BCUT2D eigenvalue weighted by atomic mass is 10.2. The Hall–Kier alpha value is -0.940. The highest BCUT2D eigenvalue weighted by Crippen LogP contribution is 1.97. The average Bonchev–Trinajstić information content (AvgIpc) is 2.47. The van der Waals surface area contributed by atoms with Crippen molar-refractivity contribution in [2.24, 2.45) is 0 Å². The molecule has 0 saturated carbocycles. The second kappa shape index (κ2) is 3.43. The van der Waals surface area contributed by atoms with E-state index in [0.29, 0.717) is 19.6 Å². The van der Waals surface area contributed by atoms with Crippen molar-refractivity contribution in [2.45, 2.75) is 12.5 Å². The molecule has 0 aromatic carbocycles. The molecule has 2 saturated heterocycles. The van der Waals surface area contributed by atoms with E-state index in [-0.39, 0.29) is 17.9 Å². The molecule has 2 rings (SSSR count). The molecule has 0 bridgehead atoms. The van der Waals surface area contributed by atoms with Crippen molar-refractivity contribution in [2.75, 3.05) is 26.3 Å². The monoisotopic (exact) mass is 185 g/mol. The quantitative estimate of drug-likeness (QED) is 0.438. The van der Waals surface area contributed by atoms with Gasteiger partial charge in [0.1, 0.15) is 13.1 Å². The van der Waals surface area contributed by atoms with Gasteiger partial charge in [0.2, 0.25) is 5.91 Å². The Morgan fingerprint density at radius 3 is 2.54 bits per heavy atom. The largest absolute Gasteiger partial charge is 0.370 e. The Morgan fingerprint density at radius 1 is 1.31 bits per heavy atom. The fourth-order valence-corrected chi connectivity index (χ4v) is 1.87. The minimum absolute atomic E-state index is 0.123. The van der Waals surface area contributed by atoms with Crippen molar-refractivity contribution in [3.63, 3.8) is 0 Å². The van der Waals surface area contributed by atoms with Crippen molar-refractivity contribution in [3.05, 3.63) is 0 Å². The number of imide groups is 1. The van der Waals surface area contributed by atoms with Crippen LogP contribution in [0.1, 0.15) is 6.42 Å². The van der Waals surface area contributed by atoms with Crippen LogP contribution in [-0.2, 0) is 14.3 Å². The summed E-state index contributed by atoms with van der Waals surface area (Å²) in [6, 6.07) is -0.170. The molecule has 2 aliphatic heterocycles. The van der Waals surface area contributed by atoms with Crippen LogP contribution in [0.25, 0.3) is 0 Å². The number of carbonyl (C=O) groups excluding carboxylic acids is 2. The lowest BCUT2D eigenvalue weighted by Crippen LogP contribution is -3.18. The lowest BCUT2D eigenvalue weighted by molar-refractivity contribution is -0.922. The minimum Gasteiger partial charge on any atom is -0.370 e. The average molecular weight is 185 g/mol. The molecule has 0 aliphatic carbocycles. The first kappa shape index (κ1) is 8.65. The Kier molecular flexibility index (Phi) is 2.28. The third kappa shape index (κ3) is 1.71. The molecule has 2 aliphatic rings. The van der Waals surface area contributed by atoms with Crippen LogP contribution >= 0.6 is 0 Å². The summed E-state index contributed by atoms with van der Waals surface area (Å²) in [6.07, 6.45) is 0.341. The standard InChI is InChI=1S/C8H12N2O3/c11-7-5-6(8(12)9-7)10-1-3-13-4-2-10/h6H,1-5H2,(H,9,11,12)/p+1/t6-/m0/s1. The van der Waals surface area contributed by atoms with E-state index in [1.807, 2.05) is 0 Å². The number of rotatable bonds is 1. The number of nitrogens with one attached hydrogen (secondary N) is 2. The molecule has 2 heterocycles. The van der Waals surface area contributed by atoms with Crippen LogP contribution in [0, 0.1) is 0 Å². The number of amides is 2. The lowest BCUT2D eigenvalue weighted by Gasteiger charge is -2.26. The van der Waals surface area contributed by atoms with Gasteiger partial charge in [-0.25, -0.2) is 0 Å². The Morgan fingerprint density at radius 2 is 2.00 bits per heavy atom. The van der Waals surface area contributed by atoms with Gasteiger partial charge in [-0.15, -0.1) is 0 Å². The Bertz CT molecular complexity index is 236. The van der Waals surface area contributed by atoms with Crippen LogP contribution in [0.3, 0.4) is 0 Å². The number of ether oxygens (including phenoxy) is 1. The molecule has 2 N–H and O–H groups in total. The van der Waals surface area contributed by atoms with Crippen LogP contribution in [0.4, 0.5) is 0 Å². The molecule has 2 fully saturated rings. The van der Waals surface area contributed by atoms with Gasteiger partial charge < -0.3 is 9.64 Å². The topological polar surface area (TPSA) is 59.8 Å². The highest BCUT2D eigenvalue weighted by molar-refractivity contribution is 6.04. The number of quaternary nitrogens is 1. The molecule has 0 aromatic rings. The van der Waals surface area contributed by atoms with Gasteiger partial charge in [0.25, 0.3) is 5.91 Å². The number of carbonyl (C=O) groups is 2. The number of morpholine rings is 1. The first-order valence-corrected chi connectivity index (χ1v) is 4.53. The maximum absolute atomic E-state index is 11.3. The van der Waals surface area contributed by atoms with Crippen LogP contribution in [0.5, 0.6) is 0 Å². The van der Waals surface area contributed by atoms with Crippen molar-refractivity contribution < 1.29 is 19.2 Å². The molecule has 2 amide bonds. The molecule has 0 radical (unpaired) electrons. The predicted molar refractivity (Wildman–Crippen MR) is 43.1 cm³/mol. The summed E-state index contributed by atoms with van der Waals surface area (Å²) >= 11 is 0. The summed E-state index contributed by atoms with van der Waals surface area (Å²) < 4.78 is 5.18. The van der Waals surface area contributed by atoms with Gasteiger partial charge in [-0.3, -0.25) is 14.9 Å². The first-order chi connectivity index (χ1) is 6.27. The van der Waals surface area contributed by atoms with Gasteiger partial charge in [-0.2, -0.15) is 0 Å². The normalized spacial score (nSPS) is 30.6. The maximum atomic E-state index is 11.3. The molecule has 0 unspecified atom stereocenters. The second-order valence-electron chi connectivity index (χ2n) is 3.44. The fourth-order valence-electron chi connectivity index (χ4n) is 1.87. The van der Waals surface area contributed by atoms with Gasteiger partial charge in [0.05, 0.1) is 19.6 Å². The summed E-state index contributed by atoms with van der Waals surface area (Å²) in [7, 11) is 0. The van der Waals surface area contributed by atoms with E-state index in [9.17, 15) is 9.59 Å². The zero-order valence-electron chi connectivity index (χ0n) is 7.34. The Labute approximate surface area is 76.0 Å². The molecular weight excluding hydrogens is 172 g/mol. The van der Waals surface area contributed by atoms with Crippen molar-refractivity contribution in [1.29, 1.82) is 0 Å². The SMILES string of the molecule is O=C1C[C@H]([NH+]2CCOCC2)C(=O)N1. The van der Waals surface area contributed by atoms with Crippen LogP contribution in [-0.4, -0.2) is 44.2 Å². The Balaban J connectivity index is 1.99. The summed E-state index contributed by atoms with van der Waals surface area (Å²) in [6.45, 7) is 3.03. The molecule has 1 atom stereocenters. The van der Waals surface area contributed by atoms with E-state index in [1.165, 1.54) is 4.90 Å². The van der Waals surface area contributed by atoms with Crippen molar-refractivity contribution in [1.82, 2.24) is 5.32 Å². The molecule has 72 valence electrons. The smallest absolute Gasteiger partial charge is 0.285 e. The molecule has 0 spiro atoms. The van der Waals surface area contributed by atoms with Crippen LogP contribution in [0.2, 0.25) is 0 Å². The summed E-state index contributed by atoms with van der Waals surface area (Å²) in [5.74, 6) is -0.268. The van der Waals surface area contributed by atoms with E-state index in [4.69, 9.17) is 4.74 Å². The zero-order chi connectivity index (χ0) is 9.26. The predicted octanol–water partition coefficient (Wildman–Crippen LogP) is -2.68. The molecule has 13 heavy (non-hydrogen) atoms. The first-order valence-electron chi connectivity index (χ1n) is 4.53. The molecular formula is C8H13N2O3+. The van der Waals surface area contributed by atoms with E-state index < -0.39 is 0 Å². The third-order valence-electron chi connectivity index (χ3n) is 2.60. The second-order valence-corrected chi connectivity index (χ2v) is 3.44. The fraction of sp³-hybridized carbons (Fsp3) is 0.750. The highest BCUT2D eigenvalue weighted by atomic mass is 16.5. The van der Waals surface area contributed by atoms with Gasteiger partial charge in [0, 0.05) is 0 Å². The summed E-state index contributed by atoms with van der Waals surface area (Å²) in [5, 5.41) is 2.32. The van der Waals surface area contributed by atoms with E-state index in [0.717, 1.165) is 13.1 Å². The summed E-state index contributed by atoms with van der Waals surface area (Å²) in [5.41, 5.74) is 0. The van der Waals surface area contributed by atoms with E-state index in [2.05, 4.69) is 5.32 Å². The van der Waals surface area contributed by atoms with Crippen molar-refractivity contribution >= 4 is 11.8 Å². The summed E-state index contributed by atoms with van der Waals surface area (Å²) in [4.78, 5) is 23.4. The third-order valence-corrected chi connectivity index (χ3v) is 2.60. The number of hydrogen-bond donors (Lipinski definition) is 2. The van der Waals surface area contributed by atoms with Crippen LogP contribution < -0.4 is 10.2 Å². The minimum atomic E-state index is -0.170. The molecule has 5 heteroatoms. The van der Waals surface area contributed by atoms with Crippen molar-refractivity contribution in [3.8, 4) is 0 Å². The van der Waals surface area contributed by atoms with E-state index >= 15 is 0 Å². The van der Waals surface area contributed by atoms with Crippen LogP contribution in [0.15, 0.2) is 0 Å². The van der Waals surface area contributed by atoms with E-state index in [1.54, 1.807) is 0 Å². The highest BCUT2D eigenvalue weighted by Gasteiger charge is 2.39. The van der Waals surface area contributed by atoms with Gasteiger partial charge >= 0.3 is 0 Å². The zero-order valence-corrected chi connectivity index (χ0v) is 7.34. The van der Waals surface area contributed by atoms with Gasteiger partial charge in [-0.05, 0) is 0 Å². The maximum Gasteiger partial charge on any atom is 0.285 e. The molecule has 5 nitrogen and oxygen atoms in total. The van der Waals surface area contributed by atoms with Gasteiger partial charge in [-0.1, -0.05) is 0 Å². The molecule has 0 aromatic heterocycles. The number of hydrogen-bond acceptors (Lipinski definition) is 3. The van der Waals surface area contributed by atoms with Gasteiger partial charge in [0.15, 0.2) is 6.04 Å².